The second kappa shape index (κ2) is 5.94. The van der Waals surface area contributed by atoms with Crippen LogP contribution in [0.3, 0.4) is 0 Å². The van der Waals surface area contributed by atoms with Crippen molar-refractivity contribution in [2.45, 2.75) is 31.3 Å². The highest BCUT2D eigenvalue weighted by molar-refractivity contribution is 5.84. The average Bonchev–Trinajstić information content (AvgIpc) is 2.85. The molecule has 27 heavy (non-hydrogen) atoms. The van der Waals surface area contributed by atoms with Crippen LogP contribution in [0.1, 0.15) is 31.4 Å². The van der Waals surface area contributed by atoms with E-state index in [2.05, 4.69) is 36.2 Å². The molecule has 1 N–H and O–H groups in total. The van der Waals surface area contributed by atoms with E-state index in [9.17, 15) is 14.9 Å². The van der Waals surface area contributed by atoms with Crippen LogP contribution in [-0.2, 0) is 10.2 Å². The molecular formula is C21H21N3O3. The van der Waals surface area contributed by atoms with E-state index in [0.717, 1.165) is 11.3 Å². The fraction of sp³-hybridized carbons (Fsp3) is 0.286. The number of benzene rings is 2. The molecule has 6 nitrogen and oxygen atoms in total. The summed E-state index contributed by atoms with van der Waals surface area (Å²) in [5, 5.41) is 14.5. The quantitative estimate of drug-likeness (QED) is 0.667. The van der Waals surface area contributed by atoms with E-state index >= 15 is 0 Å². The van der Waals surface area contributed by atoms with Gasteiger partial charge < -0.3 is 10.2 Å². The van der Waals surface area contributed by atoms with Crippen LogP contribution in [0.15, 0.2) is 54.6 Å². The van der Waals surface area contributed by atoms with Crippen LogP contribution in [0.25, 0.3) is 6.08 Å². The van der Waals surface area contributed by atoms with E-state index in [-0.39, 0.29) is 16.5 Å². The SMILES string of the molecule is CC1(C)c2ccccc2N2CCC(=O)NC21C=Cc1ccccc1[N+](=O)[O-]. The zero-order valence-electron chi connectivity index (χ0n) is 15.3. The standard InChI is InChI=1S/C21H21N3O3/c1-20(2)16-8-4-6-10-18(16)23-14-12-19(25)22-21(20,23)13-11-15-7-3-5-9-17(15)24(26)27/h3-11,13H,12,14H2,1-2H3,(H,22,25). The lowest BCUT2D eigenvalue weighted by Crippen LogP contribution is -2.68. The van der Waals surface area contributed by atoms with E-state index < -0.39 is 11.1 Å². The topological polar surface area (TPSA) is 75.5 Å². The van der Waals surface area contributed by atoms with E-state index in [1.807, 2.05) is 18.2 Å². The van der Waals surface area contributed by atoms with Gasteiger partial charge in [0.05, 0.1) is 10.5 Å². The minimum atomic E-state index is -0.768. The second-order valence-electron chi connectivity index (χ2n) is 7.51. The Balaban J connectivity index is 1.86. The van der Waals surface area contributed by atoms with Crippen LogP contribution in [0.4, 0.5) is 11.4 Å². The molecule has 2 aliphatic rings. The lowest BCUT2D eigenvalue weighted by molar-refractivity contribution is -0.385. The maximum absolute atomic E-state index is 12.4. The summed E-state index contributed by atoms with van der Waals surface area (Å²) < 4.78 is 0. The Bertz CT molecular complexity index is 967. The summed E-state index contributed by atoms with van der Waals surface area (Å²) in [7, 11) is 0. The van der Waals surface area contributed by atoms with E-state index in [0.29, 0.717) is 18.5 Å². The van der Waals surface area contributed by atoms with Crippen molar-refractivity contribution in [2.24, 2.45) is 0 Å². The van der Waals surface area contributed by atoms with Gasteiger partial charge in [-0.05, 0) is 29.8 Å². The molecular weight excluding hydrogens is 342 g/mol. The number of carbonyl (C=O) groups excluding carboxylic acids is 1. The first-order chi connectivity index (χ1) is 12.9. The molecule has 2 heterocycles. The van der Waals surface area contributed by atoms with E-state index in [1.54, 1.807) is 24.3 Å². The average molecular weight is 363 g/mol. The van der Waals surface area contributed by atoms with Gasteiger partial charge in [0.1, 0.15) is 5.66 Å². The Morgan fingerprint density at radius 3 is 2.63 bits per heavy atom. The van der Waals surface area contributed by atoms with E-state index in [4.69, 9.17) is 0 Å². The number of fused-ring (bicyclic) bond motifs is 3. The maximum atomic E-state index is 12.4. The van der Waals surface area contributed by atoms with Gasteiger partial charge in [0.15, 0.2) is 0 Å². The number of nitro groups is 1. The summed E-state index contributed by atoms with van der Waals surface area (Å²) in [6, 6.07) is 14.8. The lowest BCUT2D eigenvalue weighted by atomic mass is 9.74. The largest absolute Gasteiger partial charge is 0.344 e. The summed E-state index contributed by atoms with van der Waals surface area (Å²) in [6.07, 6.45) is 4.09. The van der Waals surface area contributed by atoms with Gasteiger partial charge in [-0.3, -0.25) is 14.9 Å². The molecule has 0 radical (unpaired) electrons. The lowest BCUT2D eigenvalue weighted by Gasteiger charge is -2.49. The number of anilines is 1. The van der Waals surface area contributed by atoms with Gasteiger partial charge in [0.25, 0.3) is 5.69 Å². The van der Waals surface area contributed by atoms with Crippen molar-refractivity contribution in [3.05, 3.63) is 75.8 Å². The smallest absolute Gasteiger partial charge is 0.276 e. The molecule has 0 spiro atoms. The molecule has 1 unspecified atom stereocenters. The summed E-state index contributed by atoms with van der Waals surface area (Å²) in [4.78, 5) is 25.5. The zero-order chi connectivity index (χ0) is 19.2. The highest BCUT2D eigenvalue weighted by Gasteiger charge is 2.57. The Morgan fingerprint density at radius 1 is 1.15 bits per heavy atom. The molecule has 138 valence electrons. The highest BCUT2D eigenvalue weighted by Crippen LogP contribution is 2.52. The first kappa shape index (κ1) is 17.3. The Kier molecular flexibility index (Phi) is 3.80. The van der Waals surface area contributed by atoms with Crippen molar-refractivity contribution in [3.8, 4) is 0 Å². The van der Waals surface area contributed by atoms with Gasteiger partial charge in [-0.1, -0.05) is 44.2 Å². The summed E-state index contributed by atoms with van der Waals surface area (Å²) >= 11 is 0. The number of amides is 1. The molecule has 1 amide bonds. The monoisotopic (exact) mass is 363 g/mol. The van der Waals surface area contributed by atoms with Crippen molar-refractivity contribution >= 4 is 23.4 Å². The number of para-hydroxylation sites is 2. The molecule has 6 heteroatoms. The van der Waals surface area contributed by atoms with Gasteiger partial charge in [-0.2, -0.15) is 0 Å². The molecule has 0 saturated carbocycles. The molecule has 1 saturated heterocycles. The van der Waals surface area contributed by atoms with Gasteiger partial charge >= 0.3 is 0 Å². The van der Waals surface area contributed by atoms with Crippen LogP contribution in [-0.4, -0.2) is 23.0 Å². The Morgan fingerprint density at radius 2 is 1.85 bits per heavy atom. The molecule has 2 aliphatic heterocycles. The first-order valence-corrected chi connectivity index (χ1v) is 8.98. The third kappa shape index (κ3) is 2.44. The normalized spacial score (nSPS) is 23.0. The number of hydrogen-bond acceptors (Lipinski definition) is 4. The number of nitrogens with one attached hydrogen (secondary N) is 1. The molecule has 0 aromatic heterocycles. The molecule has 1 fully saturated rings. The molecule has 1 atom stereocenters. The highest BCUT2D eigenvalue weighted by atomic mass is 16.6. The summed E-state index contributed by atoms with van der Waals surface area (Å²) in [5.74, 6) is -0.0145. The van der Waals surface area contributed by atoms with Crippen LogP contribution in [0.5, 0.6) is 0 Å². The van der Waals surface area contributed by atoms with Crippen LogP contribution in [0, 0.1) is 10.1 Å². The van der Waals surface area contributed by atoms with Crippen LogP contribution >= 0.6 is 0 Å². The zero-order valence-corrected chi connectivity index (χ0v) is 15.3. The molecule has 2 aromatic rings. The third-order valence-electron chi connectivity index (χ3n) is 5.78. The molecule has 0 aliphatic carbocycles. The molecule has 0 bridgehead atoms. The Labute approximate surface area is 157 Å². The number of nitro benzene ring substituents is 1. The van der Waals surface area contributed by atoms with Gasteiger partial charge in [-0.25, -0.2) is 0 Å². The van der Waals surface area contributed by atoms with Crippen molar-refractivity contribution < 1.29 is 9.72 Å². The number of carbonyl (C=O) groups is 1. The van der Waals surface area contributed by atoms with Crippen molar-refractivity contribution in [1.29, 1.82) is 0 Å². The van der Waals surface area contributed by atoms with Crippen LogP contribution in [0.2, 0.25) is 0 Å². The van der Waals surface area contributed by atoms with Crippen LogP contribution < -0.4 is 10.2 Å². The fourth-order valence-electron chi connectivity index (χ4n) is 4.32. The number of nitrogens with zero attached hydrogens (tertiary/aromatic N) is 2. The van der Waals surface area contributed by atoms with Gasteiger partial charge in [0, 0.05) is 30.1 Å². The molecule has 4 rings (SSSR count). The predicted octanol–water partition coefficient (Wildman–Crippen LogP) is 3.62. The maximum Gasteiger partial charge on any atom is 0.276 e. The molecule has 2 aromatic carbocycles. The van der Waals surface area contributed by atoms with E-state index in [1.165, 1.54) is 6.07 Å². The first-order valence-electron chi connectivity index (χ1n) is 8.98. The minimum Gasteiger partial charge on any atom is -0.344 e. The van der Waals surface area contributed by atoms with Gasteiger partial charge in [0.2, 0.25) is 5.91 Å². The second-order valence-corrected chi connectivity index (χ2v) is 7.51. The fourth-order valence-corrected chi connectivity index (χ4v) is 4.32. The minimum absolute atomic E-state index is 0.0145. The number of hydrogen-bond donors (Lipinski definition) is 1. The Hall–Kier alpha value is -3.15. The summed E-state index contributed by atoms with van der Waals surface area (Å²) in [5.41, 5.74) is 1.64. The summed E-state index contributed by atoms with van der Waals surface area (Å²) in [6.45, 7) is 4.80. The third-order valence-corrected chi connectivity index (χ3v) is 5.78. The van der Waals surface area contributed by atoms with Crippen molar-refractivity contribution in [2.75, 3.05) is 11.4 Å². The predicted molar refractivity (Wildman–Crippen MR) is 104 cm³/mol. The van der Waals surface area contributed by atoms with Crippen molar-refractivity contribution in [3.63, 3.8) is 0 Å². The van der Waals surface area contributed by atoms with Crippen molar-refractivity contribution in [1.82, 2.24) is 5.32 Å². The van der Waals surface area contributed by atoms with Gasteiger partial charge in [-0.15, -0.1) is 0 Å². The number of rotatable bonds is 3.